The van der Waals surface area contributed by atoms with Gasteiger partial charge in [0.1, 0.15) is 21.1 Å². The molecule has 0 aliphatic carbocycles. The molecule has 60 heavy (non-hydrogen) atoms. The summed E-state index contributed by atoms with van der Waals surface area (Å²) in [7, 11) is -16.7. The number of benzene rings is 7. The molecule has 0 N–H and O–H groups in total. The highest BCUT2D eigenvalue weighted by molar-refractivity contribution is 8.33. The minimum absolute atomic E-state index is 0.168. The molecule has 0 fully saturated rings. The Balaban J connectivity index is 1.36. The van der Waals surface area contributed by atoms with Crippen LogP contribution in [0.4, 0.5) is 0 Å². The van der Waals surface area contributed by atoms with Crippen LogP contribution < -0.4 is 13.1 Å². The van der Waals surface area contributed by atoms with E-state index < -0.39 is 57.8 Å². The summed E-state index contributed by atoms with van der Waals surface area (Å²) in [5, 5.41) is 0.514. The average molecular weight is 883 g/mol. The molecule has 0 bridgehead atoms. The maximum atomic E-state index is 14.8. The highest BCUT2D eigenvalue weighted by atomic mass is 32.3. The summed E-state index contributed by atoms with van der Waals surface area (Å²) in [6.45, 7) is 9.39. The fourth-order valence-corrected chi connectivity index (χ4v) is 13.4. The molecular weight excluding hydrogens is 841 g/mol. The molecule has 0 radical (unpaired) electrons. The van der Waals surface area contributed by atoms with E-state index in [-0.39, 0.29) is 20.1 Å². The molecule has 7 aromatic rings. The number of aryl methyl sites for hydroxylation is 2. The Morgan fingerprint density at radius 3 is 1.25 bits per heavy atom. The van der Waals surface area contributed by atoms with Gasteiger partial charge in [-0.1, -0.05) is 77.9 Å². The molecular formula is C46H42O10S4. The largest absolute Gasteiger partial charge is 0.488 e. The van der Waals surface area contributed by atoms with Crippen molar-refractivity contribution in [3.8, 4) is 17.2 Å². The third-order valence-electron chi connectivity index (χ3n) is 9.10. The van der Waals surface area contributed by atoms with Crippen molar-refractivity contribution in [2.24, 2.45) is 0 Å². The number of rotatable bonds is 13. The quantitative estimate of drug-likeness (QED) is 0.103. The second-order valence-corrected chi connectivity index (χ2v) is 22.4. The van der Waals surface area contributed by atoms with Gasteiger partial charge in [0.2, 0.25) is 0 Å². The van der Waals surface area contributed by atoms with E-state index in [1.54, 1.807) is 62.4 Å². The third-order valence-corrected chi connectivity index (χ3v) is 16.8. The maximum Gasteiger partial charge on any atom is 0.339 e. The Bertz CT molecular complexity index is 2950. The predicted molar refractivity (Wildman–Crippen MR) is 232 cm³/mol. The van der Waals surface area contributed by atoms with Crippen LogP contribution in [0.2, 0.25) is 0 Å². The summed E-state index contributed by atoms with van der Waals surface area (Å²) in [4.78, 5) is 1.19. The first-order chi connectivity index (χ1) is 28.3. The number of fused-ring (bicyclic) bond motifs is 1. The van der Waals surface area contributed by atoms with E-state index in [1.807, 2.05) is 81.4 Å². The molecule has 0 aliphatic rings. The fraction of sp³-hybridized carbons (Fsp3) is 0.130. The lowest BCUT2D eigenvalue weighted by atomic mass is 10.1. The van der Waals surface area contributed by atoms with Crippen molar-refractivity contribution in [1.82, 2.24) is 0 Å². The third kappa shape index (κ3) is 9.23. The zero-order valence-corrected chi connectivity index (χ0v) is 36.6. The van der Waals surface area contributed by atoms with Gasteiger partial charge in [0.15, 0.2) is 11.5 Å². The monoisotopic (exact) mass is 882 g/mol. The molecule has 10 nitrogen and oxygen atoms in total. The summed E-state index contributed by atoms with van der Waals surface area (Å²) in [6.07, 6.45) is 0. The van der Waals surface area contributed by atoms with Crippen LogP contribution in [0.15, 0.2) is 193 Å². The van der Waals surface area contributed by atoms with Crippen LogP contribution in [0.5, 0.6) is 17.2 Å². The van der Waals surface area contributed by atoms with E-state index in [0.29, 0.717) is 25.8 Å². The number of hydrogen-bond donors (Lipinski definition) is 0. The molecule has 310 valence electrons. The molecule has 14 heteroatoms. The minimum atomic E-state index is -4.65. The van der Waals surface area contributed by atoms with Crippen LogP contribution in [-0.4, -0.2) is 30.9 Å². The summed E-state index contributed by atoms with van der Waals surface area (Å²) in [6, 6.07) is 43.8. The molecule has 0 saturated carbocycles. The molecule has 0 aliphatic heterocycles. The van der Waals surface area contributed by atoms with Crippen molar-refractivity contribution in [3.05, 3.63) is 175 Å². The van der Waals surface area contributed by atoms with Crippen molar-refractivity contribution in [1.29, 1.82) is 0 Å². The van der Waals surface area contributed by atoms with Crippen LogP contribution in [0.3, 0.4) is 0 Å². The summed E-state index contributed by atoms with van der Waals surface area (Å²) in [5.74, 6) is -0.322. The van der Waals surface area contributed by atoms with E-state index in [1.165, 1.54) is 54.6 Å². The zero-order valence-electron chi connectivity index (χ0n) is 33.3. The molecule has 0 heterocycles. The molecule has 0 atom stereocenters. The standard InChI is InChI=1S/C46H42O10S4/c1-33-16-23-41(24-17-33)58(47,48)54-44-31-35-20-27-43(30-36(35)32-45(44)55-59(49,50)42-25-18-34(2)19-26-42)60(51,52)56-57(38-12-8-6-9-13-38,39-14-10-7-11-15-39)40-28-21-37(22-29-40)53-46(3,4)5/h6-32H,1-5H3. The first kappa shape index (κ1) is 42.5. The van der Waals surface area contributed by atoms with Gasteiger partial charge >= 0.3 is 30.4 Å². The van der Waals surface area contributed by atoms with Crippen LogP contribution in [-0.2, 0) is 34.0 Å². The van der Waals surface area contributed by atoms with Gasteiger partial charge in [0.05, 0.1) is 4.90 Å². The Hall–Kier alpha value is -5.64. The molecule has 0 aromatic heterocycles. The SMILES string of the molecule is Cc1ccc(S(=O)(=O)Oc2cc3ccc(S(=O)(=O)OS(c4ccccc4)(c4ccccc4)c4ccc(OC(C)(C)C)cc4)cc3cc2OS(=O)(=O)c2ccc(C)cc2)cc1. The van der Waals surface area contributed by atoms with Crippen LogP contribution in [0, 0.1) is 13.8 Å². The molecule has 0 unspecified atom stereocenters. The molecule has 0 spiro atoms. The normalized spacial score (nSPS) is 12.8. The lowest BCUT2D eigenvalue weighted by molar-refractivity contribution is 0.131. The molecule has 0 amide bonds. The highest BCUT2D eigenvalue weighted by Crippen LogP contribution is 2.70. The predicted octanol–water partition coefficient (Wildman–Crippen LogP) is 10.8. The van der Waals surface area contributed by atoms with E-state index in [4.69, 9.17) is 16.7 Å². The maximum absolute atomic E-state index is 14.8. The van der Waals surface area contributed by atoms with E-state index >= 15 is 0 Å². The van der Waals surface area contributed by atoms with Crippen molar-refractivity contribution in [2.45, 2.75) is 69.6 Å². The van der Waals surface area contributed by atoms with Gasteiger partial charge in [0, 0.05) is 14.7 Å². The first-order valence-electron chi connectivity index (χ1n) is 18.6. The zero-order chi connectivity index (χ0) is 42.9. The van der Waals surface area contributed by atoms with Gasteiger partial charge in [-0.2, -0.15) is 25.3 Å². The van der Waals surface area contributed by atoms with E-state index in [9.17, 15) is 25.3 Å². The van der Waals surface area contributed by atoms with Crippen molar-refractivity contribution < 1.29 is 42.0 Å². The topological polar surface area (TPSA) is 139 Å². The minimum Gasteiger partial charge on any atom is -0.488 e. The average Bonchev–Trinajstić information content (AvgIpc) is 3.20. The number of hydrogen-bond acceptors (Lipinski definition) is 10. The summed E-state index contributed by atoms with van der Waals surface area (Å²) < 4.78 is 108. The van der Waals surface area contributed by atoms with Gasteiger partial charge in [-0.05, 0) is 153 Å². The lowest BCUT2D eigenvalue weighted by Crippen LogP contribution is -2.22. The van der Waals surface area contributed by atoms with Crippen LogP contribution in [0.25, 0.3) is 10.8 Å². The Morgan fingerprint density at radius 2 is 0.800 bits per heavy atom. The fourth-order valence-electron chi connectivity index (χ4n) is 6.24. The lowest BCUT2D eigenvalue weighted by Gasteiger charge is -2.39. The van der Waals surface area contributed by atoms with Gasteiger partial charge in [-0.3, -0.25) is 0 Å². The van der Waals surface area contributed by atoms with Gasteiger partial charge < -0.3 is 13.1 Å². The molecule has 7 rings (SSSR count). The van der Waals surface area contributed by atoms with E-state index in [2.05, 4.69) is 0 Å². The molecule has 0 saturated heterocycles. The van der Waals surface area contributed by atoms with Crippen LogP contribution in [0.1, 0.15) is 31.9 Å². The Kier molecular flexibility index (Phi) is 11.6. The first-order valence-corrected chi connectivity index (χ1v) is 24.4. The Labute approximate surface area is 353 Å². The summed E-state index contributed by atoms with van der Waals surface area (Å²) in [5.41, 5.74) is 1.15. The smallest absolute Gasteiger partial charge is 0.339 e. The van der Waals surface area contributed by atoms with Crippen molar-refractivity contribution >= 4 is 51.4 Å². The number of ether oxygens (including phenoxy) is 1. The van der Waals surface area contributed by atoms with Gasteiger partial charge in [-0.15, -0.1) is 0 Å². The van der Waals surface area contributed by atoms with Gasteiger partial charge in [0.25, 0.3) is 0 Å². The van der Waals surface area contributed by atoms with Crippen molar-refractivity contribution in [2.75, 3.05) is 0 Å². The second kappa shape index (κ2) is 16.4. The van der Waals surface area contributed by atoms with Crippen molar-refractivity contribution in [3.63, 3.8) is 0 Å². The van der Waals surface area contributed by atoms with Crippen LogP contribution >= 0.6 is 10.3 Å². The molecule has 7 aromatic carbocycles. The second-order valence-electron chi connectivity index (χ2n) is 14.9. The van der Waals surface area contributed by atoms with E-state index in [0.717, 1.165) is 11.1 Å². The highest BCUT2D eigenvalue weighted by Gasteiger charge is 2.38. The Morgan fingerprint density at radius 1 is 0.400 bits per heavy atom. The summed E-state index contributed by atoms with van der Waals surface area (Å²) >= 11 is 0. The van der Waals surface area contributed by atoms with Gasteiger partial charge in [-0.25, -0.2) is 3.63 Å².